The lowest BCUT2D eigenvalue weighted by Crippen LogP contribution is -2.17. The lowest BCUT2D eigenvalue weighted by molar-refractivity contribution is -0.140. The predicted octanol–water partition coefficient (Wildman–Crippen LogP) is 4.03. The van der Waals surface area contributed by atoms with Crippen LogP contribution in [-0.2, 0) is 12.7 Å². The van der Waals surface area contributed by atoms with Gasteiger partial charge in [-0.05, 0) is 48.9 Å². The molecule has 0 aliphatic carbocycles. The van der Waals surface area contributed by atoms with Crippen molar-refractivity contribution in [2.45, 2.75) is 19.6 Å². The molecule has 0 spiro atoms. The number of fused-ring (bicyclic) bond motifs is 1. The standard InChI is InChI=1S/C24H17F3N6O2/c1-13-20(21(24(25,26)27)32-33(13)12-15-7-5-14(11-28)6-8-15)31-23(35)17-3-2-4-18-16(17)9-10-19(30-18)22(29)34/h2-10H,12H2,1H3,(H2,29,34)(H,31,35). The van der Waals surface area contributed by atoms with E-state index in [1.54, 1.807) is 30.3 Å². The van der Waals surface area contributed by atoms with Crippen LogP contribution in [-0.4, -0.2) is 26.6 Å². The normalized spacial score (nSPS) is 11.3. The molecule has 3 N–H and O–H groups in total. The van der Waals surface area contributed by atoms with Crippen LogP contribution in [0, 0.1) is 18.3 Å². The summed E-state index contributed by atoms with van der Waals surface area (Å²) in [6.45, 7) is 1.43. The van der Waals surface area contributed by atoms with Crippen molar-refractivity contribution in [3.05, 3.63) is 88.4 Å². The molecule has 4 rings (SSSR count). The van der Waals surface area contributed by atoms with E-state index in [1.165, 1.54) is 31.2 Å². The molecule has 176 valence electrons. The van der Waals surface area contributed by atoms with Crippen LogP contribution < -0.4 is 11.1 Å². The van der Waals surface area contributed by atoms with Crippen LogP contribution in [0.15, 0.2) is 54.6 Å². The minimum Gasteiger partial charge on any atom is -0.364 e. The number of benzene rings is 2. The van der Waals surface area contributed by atoms with Crippen molar-refractivity contribution in [2.75, 3.05) is 5.32 Å². The van der Waals surface area contributed by atoms with Crippen molar-refractivity contribution in [2.24, 2.45) is 5.73 Å². The van der Waals surface area contributed by atoms with E-state index in [2.05, 4.69) is 15.4 Å². The molecule has 4 aromatic rings. The molecule has 11 heteroatoms. The van der Waals surface area contributed by atoms with Crippen LogP contribution in [0.3, 0.4) is 0 Å². The molecule has 2 aromatic carbocycles. The molecule has 2 heterocycles. The number of hydrogen-bond donors (Lipinski definition) is 2. The van der Waals surface area contributed by atoms with E-state index >= 15 is 0 Å². The SMILES string of the molecule is Cc1c(NC(=O)c2cccc3nc(C(N)=O)ccc23)c(C(F)(F)F)nn1Cc1ccc(C#N)cc1. The fourth-order valence-corrected chi connectivity index (χ4v) is 3.58. The van der Waals surface area contributed by atoms with Crippen molar-refractivity contribution in [3.8, 4) is 6.07 Å². The number of halogens is 3. The van der Waals surface area contributed by atoms with Gasteiger partial charge in [-0.25, -0.2) is 4.98 Å². The lowest BCUT2D eigenvalue weighted by atomic mass is 10.1. The van der Waals surface area contributed by atoms with Gasteiger partial charge < -0.3 is 11.1 Å². The van der Waals surface area contributed by atoms with E-state index in [-0.39, 0.29) is 23.5 Å². The summed E-state index contributed by atoms with van der Waals surface area (Å²) in [7, 11) is 0. The number of nitrogens with two attached hydrogens (primary N) is 1. The van der Waals surface area contributed by atoms with Gasteiger partial charge >= 0.3 is 6.18 Å². The number of pyridine rings is 1. The van der Waals surface area contributed by atoms with Gasteiger partial charge in [0.15, 0.2) is 5.69 Å². The Kier molecular flexibility index (Phi) is 5.96. The Hall–Kier alpha value is -4.72. The number of amides is 2. The van der Waals surface area contributed by atoms with Gasteiger partial charge in [-0.2, -0.15) is 23.5 Å². The van der Waals surface area contributed by atoms with Crippen LogP contribution in [0.25, 0.3) is 10.9 Å². The maximum Gasteiger partial charge on any atom is 0.437 e. The Balaban J connectivity index is 1.71. The molecule has 0 aliphatic rings. The second kappa shape index (κ2) is 8.90. The smallest absolute Gasteiger partial charge is 0.364 e. The van der Waals surface area contributed by atoms with Crippen LogP contribution in [0.1, 0.15) is 43.4 Å². The Bertz CT molecular complexity index is 1500. The van der Waals surface area contributed by atoms with Crippen LogP contribution in [0.2, 0.25) is 0 Å². The number of anilines is 1. The number of primary amides is 1. The van der Waals surface area contributed by atoms with E-state index in [9.17, 15) is 22.8 Å². The molecule has 2 amide bonds. The summed E-state index contributed by atoms with van der Waals surface area (Å²) in [5, 5.41) is 15.3. The van der Waals surface area contributed by atoms with Crippen LogP contribution in [0.4, 0.5) is 18.9 Å². The molecule has 0 aliphatic heterocycles. The Morgan fingerprint density at radius 3 is 2.46 bits per heavy atom. The zero-order chi connectivity index (χ0) is 25.3. The Morgan fingerprint density at radius 2 is 1.83 bits per heavy atom. The molecule has 35 heavy (non-hydrogen) atoms. The zero-order valence-electron chi connectivity index (χ0n) is 18.2. The molecular weight excluding hydrogens is 461 g/mol. The first kappa shape index (κ1) is 23.4. The van der Waals surface area contributed by atoms with Crippen molar-refractivity contribution in [1.29, 1.82) is 5.26 Å². The summed E-state index contributed by atoms with van der Waals surface area (Å²) < 4.78 is 42.5. The van der Waals surface area contributed by atoms with Gasteiger partial charge in [0.05, 0.1) is 35.1 Å². The Labute approximate surface area is 196 Å². The molecule has 0 saturated carbocycles. The van der Waals surface area contributed by atoms with E-state index in [1.807, 2.05) is 6.07 Å². The molecule has 0 bridgehead atoms. The quantitative estimate of drug-likeness (QED) is 0.448. The lowest BCUT2D eigenvalue weighted by Gasteiger charge is -2.11. The summed E-state index contributed by atoms with van der Waals surface area (Å²) in [5.74, 6) is -1.54. The number of hydrogen-bond acceptors (Lipinski definition) is 5. The first-order chi connectivity index (χ1) is 16.6. The molecule has 0 atom stereocenters. The molecule has 0 unspecified atom stereocenters. The van der Waals surface area contributed by atoms with Crippen molar-refractivity contribution in [3.63, 3.8) is 0 Å². The zero-order valence-corrected chi connectivity index (χ0v) is 18.2. The van der Waals surface area contributed by atoms with E-state index in [4.69, 9.17) is 11.0 Å². The number of carbonyl (C=O) groups is 2. The van der Waals surface area contributed by atoms with Gasteiger partial charge in [-0.1, -0.05) is 18.2 Å². The van der Waals surface area contributed by atoms with Crippen LogP contribution >= 0.6 is 0 Å². The monoisotopic (exact) mass is 478 g/mol. The first-order valence-corrected chi connectivity index (χ1v) is 10.2. The van der Waals surface area contributed by atoms with E-state index in [0.29, 0.717) is 22.0 Å². The van der Waals surface area contributed by atoms with Crippen LogP contribution in [0.5, 0.6) is 0 Å². The number of nitriles is 1. The highest BCUT2D eigenvalue weighted by atomic mass is 19.4. The van der Waals surface area contributed by atoms with E-state index < -0.39 is 29.4 Å². The second-order valence-corrected chi connectivity index (χ2v) is 7.66. The fourth-order valence-electron chi connectivity index (χ4n) is 3.58. The highest BCUT2D eigenvalue weighted by Crippen LogP contribution is 2.36. The van der Waals surface area contributed by atoms with Crippen molar-refractivity contribution >= 4 is 28.4 Å². The molecule has 0 fully saturated rings. The highest BCUT2D eigenvalue weighted by molar-refractivity contribution is 6.13. The number of carbonyl (C=O) groups excluding carboxylic acids is 2. The maximum absolute atomic E-state index is 13.8. The third kappa shape index (κ3) is 4.67. The largest absolute Gasteiger partial charge is 0.437 e. The number of alkyl halides is 3. The highest BCUT2D eigenvalue weighted by Gasteiger charge is 2.39. The number of nitrogens with zero attached hydrogens (tertiary/aromatic N) is 4. The average Bonchev–Trinajstić information content (AvgIpc) is 3.14. The van der Waals surface area contributed by atoms with Gasteiger partial charge in [-0.3, -0.25) is 14.3 Å². The third-order valence-corrected chi connectivity index (χ3v) is 5.36. The van der Waals surface area contributed by atoms with Gasteiger partial charge in [0.2, 0.25) is 0 Å². The third-order valence-electron chi connectivity index (χ3n) is 5.36. The Morgan fingerprint density at radius 1 is 1.11 bits per heavy atom. The number of aromatic nitrogens is 3. The van der Waals surface area contributed by atoms with Gasteiger partial charge in [0, 0.05) is 10.9 Å². The topological polar surface area (TPSA) is 127 Å². The van der Waals surface area contributed by atoms with E-state index in [0.717, 1.165) is 4.68 Å². The maximum atomic E-state index is 13.8. The molecule has 0 saturated heterocycles. The molecule has 8 nitrogen and oxygen atoms in total. The molecular formula is C24H17F3N6O2. The van der Waals surface area contributed by atoms with Gasteiger partial charge in [0.25, 0.3) is 11.8 Å². The van der Waals surface area contributed by atoms with Crippen molar-refractivity contribution in [1.82, 2.24) is 14.8 Å². The summed E-state index contributed by atoms with van der Waals surface area (Å²) in [4.78, 5) is 28.5. The number of rotatable bonds is 5. The molecule has 0 radical (unpaired) electrons. The summed E-state index contributed by atoms with van der Waals surface area (Å²) >= 11 is 0. The average molecular weight is 478 g/mol. The van der Waals surface area contributed by atoms with Crippen molar-refractivity contribution < 1.29 is 22.8 Å². The van der Waals surface area contributed by atoms with Gasteiger partial charge in [-0.15, -0.1) is 0 Å². The first-order valence-electron chi connectivity index (χ1n) is 10.2. The fraction of sp³-hybridized carbons (Fsp3) is 0.125. The second-order valence-electron chi connectivity index (χ2n) is 7.66. The minimum atomic E-state index is -4.82. The van der Waals surface area contributed by atoms with Gasteiger partial charge in [0.1, 0.15) is 5.69 Å². The predicted molar refractivity (Wildman–Crippen MR) is 120 cm³/mol. The number of nitrogens with one attached hydrogen (secondary N) is 1. The summed E-state index contributed by atoms with van der Waals surface area (Å²) in [5.41, 5.74) is 5.05. The summed E-state index contributed by atoms with van der Waals surface area (Å²) in [6.07, 6.45) is -4.82. The summed E-state index contributed by atoms with van der Waals surface area (Å²) in [6, 6.07) is 15.6. The minimum absolute atomic E-state index is 0.00454. The molecule has 2 aromatic heterocycles.